The second kappa shape index (κ2) is 4.76. The van der Waals surface area contributed by atoms with Crippen molar-refractivity contribution >= 4 is 27.7 Å². The lowest BCUT2D eigenvalue weighted by atomic mass is 10.0. The Morgan fingerprint density at radius 1 is 1.53 bits per heavy atom. The number of fused-ring (bicyclic) bond motifs is 1. The van der Waals surface area contributed by atoms with Gasteiger partial charge in [-0.3, -0.25) is 0 Å². The minimum absolute atomic E-state index is 0.375. The van der Waals surface area contributed by atoms with Crippen LogP contribution in [0.15, 0.2) is 16.6 Å². The standard InChI is InChI=1S/C11H13BrO2S/c1-14-10-3-2-8(12)11-7(10)6-15-5-4-9(11)13/h2-3,9,13H,4-6H2,1H3. The van der Waals surface area contributed by atoms with E-state index in [0.717, 1.165) is 39.3 Å². The van der Waals surface area contributed by atoms with Crippen LogP contribution in [0.25, 0.3) is 0 Å². The van der Waals surface area contributed by atoms with Crippen LogP contribution in [0, 0.1) is 0 Å². The van der Waals surface area contributed by atoms with Crippen LogP contribution in [-0.2, 0) is 5.75 Å². The Labute approximate surface area is 102 Å². The van der Waals surface area contributed by atoms with Crippen LogP contribution in [0.3, 0.4) is 0 Å². The third kappa shape index (κ3) is 2.17. The molecule has 0 fully saturated rings. The summed E-state index contributed by atoms with van der Waals surface area (Å²) in [7, 11) is 1.67. The molecule has 15 heavy (non-hydrogen) atoms. The maximum atomic E-state index is 10.0. The second-order valence-corrected chi connectivity index (χ2v) is 5.46. The van der Waals surface area contributed by atoms with E-state index in [0.29, 0.717) is 0 Å². The zero-order valence-corrected chi connectivity index (χ0v) is 10.9. The summed E-state index contributed by atoms with van der Waals surface area (Å²) >= 11 is 5.34. The van der Waals surface area contributed by atoms with Crippen molar-refractivity contribution in [3.05, 3.63) is 27.7 Å². The average molecular weight is 289 g/mol. The normalized spacial score (nSPS) is 20.6. The minimum atomic E-state index is -0.375. The molecule has 1 heterocycles. The van der Waals surface area contributed by atoms with Crippen LogP contribution in [0.5, 0.6) is 5.75 Å². The molecule has 0 aliphatic carbocycles. The fourth-order valence-corrected chi connectivity index (χ4v) is 3.50. The fraction of sp³-hybridized carbons (Fsp3) is 0.455. The van der Waals surface area contributed by atoms with E-state index in [1.807, 2.05) is 23.9 Å². The van der Waals surface area contributed by atoms with Crippen LogP contribution in [0.1, 0.15) is 23.7 Å². The molecule has 0 radical (unpaired) electrons. The van der Waals surface area contributed by atoms with Crippen molar-refractivity contribution in [2.75, 3.05) is 12.9 Å². The quantitative estimate of drug-likeness (QED) is 0.861. The molecule has 1 unspecified atom stereocenters. The first-order valence-electron chi connectivity index (χ1n) is 4.85. The van der Waals surface area contributed by atoms with Crippen LogP contribution in [0.4, 0.5) is 0 Å². The molecule has 0 bridgehead atoms. The van der Waals surface area contributed by atoms with Gasteiger partial charge >= 0.3 is 0 Å². The summed E-state index contributed by atoms with van der Waals surface area (Å²) in [4.78, 5) is 0. The Morgan fingerprint density at radius 3 is 3.07 bits per heavy atom. The number of ether oxygens (including phenoxy) is 1. The lowest BCUT2D eigenvalue weighted by molar-refractivity contribution is 0.173. The van der Waals surface area contributed by atoms with E-state index in [-0.39, 0.29) is 6.10 Å². The highest BCUT2D eigenvalue weighted by atomic mass is 79.9. The van der Waals surface area contributed by atoms with Crippen molar-refractivity contribution in [2.24, 2.45) is 0 Å². The van der Waals surface area contributed by atoms with E-state index in [1.165, 1.54) is 0 Å². The van der Waals surface area contributed by atoms with E-state index < -0.39 is 0 Å². The van der Waals surface area contributed by atoms with Gasteiger partial charge in [-0.15, -0.1) is 0 Å². The summed E-state index contributed by atoms with van der Waals surface area (Å²) < 4.78 is 6.31. The number of aliphatic hydroxyl groups excluding tert-OH is 1. The van der Waals surface area contributed by atoms with E-state index in [4.69, 9.17) is 4.74 Å². The van der Waals surface area contributed by atoms with E-state index >= 15 is 0 Å². The molecule has 82 valence electrons. The summed E-state index contributed by atoms with van der Waals surface area (Å²) in [6, 6.07) is 3.89. The molecule has 1 N–H and O–H groups in total. The molecular weight excluding hydrogens is 276 g/mol. The molecular formula is C11H13BrO2S. The third-order valence-corrected chi connectivity index (χ3v) is 4.30. The third-order valence-electron chi connectivity index (χ3n) is 2.60. The Morgan fingerprint density at radius 2 is 2.33 bits per heavy atom. The SMILES string of the molecule is COc1ccc(Br)c2c1CSCCC2O. The van der Waals surface area contributed by atoms with Crippen LogP contribution >= 0.6 is 27.7 Å². The molecule has 2 rings (SSSR count). The fourth-order valence-electron chi connectivity index (χ4n) is 1.83. The number of benzene rings is 1. The number of thioether (sulfide) groups is 1. The first-order valence-corrected chi connectivity index (χ1v) is 6.80. The molecule has 1 aromatic rings. The zero-order chi connectivity index (χ0) is 10.8. The number of hydrogen-bond donors (Lipinski definition) is 1. The smallest absolute Gasteiger partial charge is 0.123 e. The van der Waals surface area contributed by atoms with Gasteiger partial charge in [0.05, 0.1) is 13.2 Å². The second-order valence-electron chi connectivity index (χ2n) is 3.50. The molecule has 0 saturated carbocycles. The Bertz CT molecular complexity index is 368. The molecule has 4 heteroatoms. The van der Waals surface area contributed by atoms with E-state index in [9.17, 15) is 5.11 Å². The maximum absolute atomic E-state index is 10.0. The van der Waals surface area contributed by atoms with Gasteiger partial charge in [-0.25, -0.2) is 0 Å². The van der Waals surface area contributed by atoms with Crippen molar-refractivity contribution in [3.8, 4) is 5.75 Å². The number of aliphatic hydroxyl groups is 1. The van der Waals surface area contributed by atoms with Crippen molar-refractivity contribution in [3.63, 3.8) is 0 Å². The molecule has 0 saturated heterocycles. The van der Waals surface area contributed by atoms with Crippen molar-refractivity contribution in [2.45, 2.75) is 18.3 Å². The zero-order valence-electron chi connectivity index (χ0n) is 8.50. The minimum Gasteiger partial charge on any atom is -0.496 e. The largest absolute Gasteiger partial charge is 0.496 e. The lowest BCUT2D eigenvalue weighted by Gasteiger charge is -2.16. The molecule has 1 aliphatic rings. The Kier molecular flexibility index (Phi) is 3.59. The Hall–Kier alpha value is -0.190. The van der Waals surface area contributed by atoms with Gasteiger partial charge in [0, 0.05) is 21.4 Å². The average Bonchev–Trinajstić information content (AvgIpc) is 2.42. The maximum Gasteiger partial charge on any atom is 0.123 e. The first kappa shape index (κ1) is 11.3. The number of rotatable bonds is 1. The number of halogens is 1. The highest BCUT2D eigenvalue weighted by molar-refractivity contribution is 9.10. The van der Waals surface area contributed by atoms with E-state index in [2.05, 4.69) is 15.9 Å². The van der Waals surface area contributed by atoms with Crippen molar-refractivity contribution in [1.29, 1.82) is 0 Å². The molecule has 0 amide bonds. The molecule has 2 nitrogen and oxygen atoms in total. The van der Waals surface area contributed by atoms with Crippen LogP contribution in [-0.4, -0.2) is 18.0 Å². The summed E-state index contributed by atoms with van der Waals surface area (Å²) in [6.45, 7) is 0. The first-order chi connectivity index (χ1) is 7.24. The molecule has 1 atom stereocenters. The van der Waals surface area contributed by atoms with E-state index in [1.54, 1.807) is 7.11 Å². The van der Waals surface area contributed by atoms with Gasteiger partial charge in [0.1, 0.15) is 5.75 Å². The van der Waals surface area contributed by atoms with Gasteiger partial charge in [0.25, 0.3) is 0 Å². The van der Waals surface area contributed by atoms with Crippen LogP contribution < -0.4 is 4.74 Å². The summed E-state index contributed by atoms with van der Waals surface area (Å²) in [5.74, 6) is 2.78. The predicted molar refractivity (Wildman–Crippen MR) is 66.4 cm³/mol. The van der Waals surface area contributed by atoms with Gasteiger partial charge < -0.3 is 9.84 Å². The lowest BCUT2D eigenvalue weighted by Crippen LogP contribution is -2.02. The van der Waals surface area contributed by atoms with Crippen LogP contribution in [0.2, 0.25) is 0 Å². The summed E-state index contributed by atoms with van der Waals surface area (Å²) in [5, 5.41) is 10.0. The van der Waals surface area contributed by atoms with Gasteiger partial charge in [-0.2, -0.15) is 11.8 Å². The monoisotopic (exact) mass is 288 g/mol. The van der Waals surface area contributed by atoms with Gasteiger partial charge in [0.2, 0.25) is 0 Å². The summed E-state index contributed by atoms with van der Waals surface area (Å²) in [6.07, 6.45) is 0.433. The number of hydrogen-bond acceptors (Lipinski definition) is 3. The molecule has 1 aliphatic heterocycles. The Balaban J connectivity index is 2.55. The van der Waals surface area contributed by atoms with Crippen molar-refractivity contribution in [1.82, 2.24) is 0 Å². The summed E-state index contributed by atoms with van der Waals surface area (Å²) in [5.41, 5.74) is 2.13. The highest BCUT2D eigenvalue weighted by Gasteiger charge is 2.22. The highest BCUT2D eigenvalue weighted by Crippen LogP contribution is 2.39. The van der Waals surface area contributed by atoms with Crippen molar-refractivity contribution < 1.29 is 9.84 Å². The number of methoxy groups -OCH3 is 1. The molecule has 0 aromatic heterocycles. The van der Waals surface area contributed by atoms with Gasteiger partial charge in [-0.05, 0) is 24.3 Å². The molecule has 1 aromatic carbocycles. The molecule has 0 spiro atoms. The van der Waals surface area contributed by atoms with Gasteiger partial charge in [-0.1, -0.05) is 15.9 Å². The predicted octanol–water partition coefficient (Wildman–Crippen LogP) is 3.13. The van der Waals surface area contributed by atoms with Gasteiger partial charge in [0.15, 0.2) is 0 Å². The topological polar surface area (TPSA) is 29.5 Å².